The van der Waals surface area contributed by atoms with Crippen LogP contribution in [0.3, 0.4) is 0 Å². The summed E-state index contributed by atoms with van der Waals surface area (Å²) in [5, 5.41) is 4.38. The van der Waals surface area contributed by atoms with Crippen LogP contribution in [0.2, 0.25) is 5.02 Å². The first-order valence-corrected chi connectivity index (χ1v) is 7.60. The van der Waals surface area contributed by atoms with Crippen molar-refractivity contribution >= 4 is 11.6 Å². The molecule has 0 aliphatic carbocycles. The zero-order valence-corrected chi connectivity index (χ0v) is 13.3. The number of likely N-dealkylation sites (N-methyl/N-ethyl adjacent to an activating group) is 1. The van der Waals surface area contributed by atoms with Crippen molar-refractivity contribution in [1.82, 2.24) is 5.32 Å². The molecule has 108 valence electrons. The van der Waals surface area contributed by atoms with E-state index in [0.717, 1.165) is 31.0 Å². The van der Waals surface area contributed by atoms with Gasteiger partial charge in [0.15, 0.2) is 0 Å². The van der Waals surface area contributed by atoms with Crippen molar-refractivity contribution in [2.24, 2.45) is 0 Å². The number of hydrogen-bond acceptors (Lipinski definition) is 2. The van der Waals surface area contributed by atoms with Gasteiger partial charge in [-0.1, -0.05) is 37.6 Å². The molecule has 0 aliphatic heterocycles. The van der Waals surface area contributed by atoms with Crippen LogP contribution < -0.4 is 5.32 Å². The van der Waals surface area contributed by atoms with Crippen LogP contribution in [0, 0.1) is 6.92 Å². The van der Waals surface area contributed by atoms with Crippen molar-refractivity contribution in [2.45, 2.75) is 52.7 Å². The number of nitrogens with one attached hydrogen (secondary N) is 1. The van der Waals surface area contributed by atoms with E-state index in [2.05, 4.69) is 38.2 Å². The molecular formula is C16H26ClNO. The summed E-state index contributed by atoms with van der Waals surface area (Å²) in [6.45, 7) is 10.1. The van der Waals surface area contributed by atoms with Gasteiger partial charge in [-0.15, -0.1) is 0 Å². The minimum atomic E-state index is 0.238. The third kappa shape index (κ3) is 5.13. The molecule has 19 heavy (non-hydrogen) atoms. The average Bonchev–Trinajstić information content (AvgIpc) is 2.38. The van der Waals surface area contributed by atoms with Gasteiger partial charge in [0.05, 0.1) is 6.10 Å². The Morgan fingerprint density at radius 2 is 2.00 bits per heavy atom. The minimum Gasteiger partial charge on any atom is -0.377 e. The van der Waals surface area contributed by atoms with Gasteiger partial charge in [-0.25, -0.2) is 0 Å². The molecule has 0 aliphatic rings. The van der Waals surface area contributed by atoms with Gasteiger partial charge in [0.1, 0.15) is 0 Å². The topological polar surface area (TPSA) is 21.3 Å². The second kappa shape index (κ2) is 8.57. The molecule has 2 atom stereocenters. The van der Waals surface area contributed by atoms with Crippen molar-refractivity contribution < 1.29 is 4.74 Å². The molecule has 0 fully saturated rings. The fraction of sp³-hybridized carbons (Fsp3) is 0.625. The van der Waals surface area contributed by atoms with Gasteiger partial charge in [-0.3, -0.25) is 0 Å². The first-order valence-electron chi connectivity index (χ1n) is 7.22. The second-order valence-electron chi connectivity index (χ2n) is 4.87. The number of benzene rings is 1. The molecule has 2 nitrogen and oxygen atoms in total. The number of ether oxygens (including phenoxy) is 1. The lowest BCUT2D eigenvalue weighted by atomic mass is 9.98. The SMILES string of the molecule is CCNC(Cc1ccc(C)cc1Cl)C(CC)OCC. The van der Waals surface area contributed by atoms with Crippen LogP contribution in [0.25, 0.3) is 0 Å². The van der Waals surface area contributed by atoms with Crippen molar-refractivity contribution in [3.8, 4) is 0 Å². The fourth-order valence-electron chi connectivity index (χ4n) is 2.38. The molecule has 0 saturated heterocycles. The Balaban J connectivity index is 2.81. The number of rotatable bonds is 8. The lowest BCUT2D eigenvalue weighted by molar-refractivity contribution is 0.0323. The minimum absolute atomic E-state index is 0.238. The normalized spacial score (nSPS) is 14.4. The van der Waals surface area contributed by atoms with Gasteiger partial charge < -0.3 is 10.1 Å². The molecule has 2 unspecified atom stereocenters. The maximum absolute atomic E-state index is 6.33. The summed E-state index contributed by atoms with van der Waals surface area (Å²) in [5.74, 6) is 0. The Morgan fingerprint density at radius 3 is 2.53 bits per heavy atom. The smallest absolute Gasteiger partial charge is 0.0728 e. The molecule has 0 spiro atoms. The molecule has 0 radical (unpaired) electrons. The highest BCUT2D eigenvalue weighted by molar-refractivity contribution is 6.31. The van der Waals surface area contributed by atoms with Gasteiger partial charge in [-0.05, 0) is 50.4 Å². The van der Waals surface area contributed by atoms with Crippen molar-refractivity contribution in [3.05, 3.63) is 34.3 Å². The number of hydrogen-bond donors (Lipinski definition) is 1. The molecule has 3 heteroatoms. The van der Waals surface area contributed by atoms with Crippen molar-refractivity contribution in [2.75, 3.05) is 13.2 Å². The van der Waals surface area contributed by atoms with E-state index in [1.165, 1.54) is 11.1 Å². The fourth-order valence-corrected chi connectivity index (χ4v) is 2.70. The van der Waals surface area contributed by atoms with Gasteiger partial charge in [0.25, 0.3) is 0 Å². The van der Waals surface area contributed by atoms with Crippen LogP contribution in [0.4, 0.5) is 0 Å². The third-order valence-corrected chi connectivity index (χ3v) is 3.70. The first-order chi connectivity index (χ1) is 9.12. The van der Waals surface area contributed by atoms with E-state index in [-0.39, 0.29) is 6.10 Å². The highest BCUT2D eigenvalue weighted by Gasteiger charge is 2.20. The summed E-state index contributed by atoms with van der Waals surface area (Å²) < 4.78 is 5.84. The maximum Gasteiger partial charge on any atom is 0.0728 e. The van der Waals surface area contributed by atoms with Gasteiger partial charge >= 0.3 is 0 Å². The maximum atomic E-state index is 6.33. The van der Waals surface area contributed by atoms with Crippen molar-refractivity contribution in [1.29, 1.82) is 0 Å². The zero-order valence-electron chi connectivity index (χ0n) is 12.5. The summed E-state index contributed by atoms with van der Waals surface area (Å²) >= 11 is 6.33. The molecule has 0 aromatic heterocycles. The lowest BCUT2D eigenvalue weighted by Gasteiger charge is -2.27. The predicted octanol–water partition coefficient (Wildman–Crippen LogP) is 3.98. The number of aryl methyl sites for hydroxylation is 1. The standard InChI is InChI=1S/C16H26ClNO/c1-5-16(19-7-3)15(18-6-2)11-13-9-8-12(4)10-14(13)17/h8-10,15-16,18H,5-7,11H2,1-4H3. The lowest BCUT2D eigenvalue weighted by Crippen LogP contribution is -2.42. The highest BCUT2D eigenvalue weighted by Crippen LogP contribution is 2.21. The summed E-state index contributed by atoms with van der Waals surface area (Å²) in [7, 11) is 0. The Labute approximate surface area is 122 Å². The van der Waals surface area contributed by atoms with Crippen LogP contribution in [0.5, 0.6) is 0 Å². The molecule has 1 aromatic rings. The van der Waals surface area contributed by atoms with Gasteiger partial charge in [0, 0.05) is 17.7 Å². The summed E-state index contributed by atoms with van der Waals surface area (Å²) in [4.78, 5) is 0. The number of halogens is 1. The van der Waals surface area contributed by atoms with Crippen molar-refractivity contribution in [3.63, 3.8) is 0 Å². The molecule has 1 aromatic carbocycles. The zero-order chi connectivity index (χ0) is 14.3. The van der Waals surface area contributed by atoms with E-state index < -0.39 is 0 Å². The van der Waals surface area contributed by atoms with Crippen LogP contribution in [0.1, 0.15) is 38.3 Å². The quantitative estimate of drug-likeness (QED) is 0.779. The van der Waals surface area contributed by atoms with Gasteiger partial charge in [-0.2, -0.15) is 0 Å². The Hall–Kier alpha value is -0.570. The average molecular weight is 284 g/mol. The highest BCUT2D eigenvalue weighted by atomic mass is 35.5. The largest absolute Gasteiger partial charge is 0.377 e. The second-order valence-corrected chi connectivity index (χ2v) is 5.27. The van der Waals surface area contributed by atoms with E-state index in [0.29, 0.717) is 6.04 Å². The van der Waals surface area contributed by atoms with Crippen LogP contribution in [0.15, 0.2) is 18.2 Å². The first kappa shape index (κ1) is 16.5. The third-order valence-electron chi connectivity index (χ3n) is 3.35. The predicted molar refractivity (Wildman–Crippen MR) is 83.1 cm³/mol. The van der Waals surface area contributed by atoms with Gasteiger partial charge in [0.2, 0.25) is 0 Å². The molecule has 0 saturated carbocycles. The Bertz CT molecular complexity index is 381. The summed E-state index contributed by atoms with van der Waals surface area (Å²) in [6.07, 6.45) is 2.16. The Morgan fingerprint density at radius 1 is 1.26 bits per heavy atom. The van der Waals surface area contributed by atoms with E-state index >= 15 is 0 Å². The van der Waals surface area contributed by atoms with E-state index in [1.807, 2.05) is 13.0 Å². The molecule has 1 N–H and O–H groups in total. The van der Waals surface area contributed by atoms with Crippen LogP contribution in [-0.2, 0) is 11.2 Å². The molecule has 1 rings (SSSR count). The molecule has 0 amide bonds. The Kier molecular flexibility index (Phi) is 7.44. The summed E-state index contributed by atoms with van der Waals surface area (Å²) in [6, 6.07) is 6.59. The van der Waals surface area contributed by atoms with Crippen LogP contribution in [-0.4, -0.2) is 25.3 Å². The summed E-state index contributed by atoms with van der Waals surface area (Å²) in [5.41, 5.74) is 2.39. The molecule has 0 bridgehead atoms. The van der Waals surface area contributed by atoms with E-state index in [4.69, 9.17) is 16.3 Å². The van der Waals surface area contributed by atoms with E-state index in [1.54, 1.807) is 0 Å². The molecular weight excluding hydrogens is 258 g/mol. The monoisotopic (exact) mass is 283 g/mol. The van der Waals surface area contributed by atoms with E-state index in [9.17, 15) is 0 Å². The molecule has 0 heterocycles. The van der Waals surface area contributed by atoms with Crippen LogP contribution >= 0.6 is 11.6 Å².